The highest BCUT2D eigenvalue weighted by Gasteiger charge is 2.50. The van der Waals surface area contributed by atoms with Crippen LogP contribution in [0.4, 0.5) is 4.79 Å². The van der Waals surface area contributed by atoms with Crippen molar-refractivity contribution in [3.05, 3.63) is 63.4 Å². The van der Waals surface area contributed by atoms with Crippen LogP contribution in [0.25, 0.3) is 22.3 Å². The second-order valence-corrected chi connectivity index (χ2v) is 11.9. The van der Waals surface area contributed by atoms with Crippen molar-refractivity contribution in [3.63, 3.8) is 0 Å². The van der Waals surface area contributed by atoms with E-state index in [-0.39, 0.29) is 69.3 Å². The summed E-state index contributed by atoms with van der Waals surface area (Å²) >= 11 is 0. The number of hydrogen-bond donors (Lipinski definition) is 5. The third-order valence-corrected chi connectivity index (χ3v) is 8.90. The minimum absolute atomic E-state index is 0.00388. The number of benzene rings is 1. The SMILES string of the molecule is CC[C@@]1(OC(=O)NCCOCCOCCO[C@@H]2O[C@H](CO)[C@@H](O)[C@H](O)[C@@H]2O)C(=O)OCc2c1cc1n(c2=O)Cc2cc3ccccc3nc2-1. The lowest BCUT2D eigenvalue weighted by molar-refractivity contribution is -0.302. The van der Waals surface area contributed by atoms with Gasteiger partial charge >= 0.3 is 12.1 Å². The van der Waals surface area contributed by atoms with Gasteiger partial charge in [0, 0.05) is 23.1 Å². The van der Waals surface area contributed by atoms with Gasteiger partial charge in [-0.25, -0.2) is 14.6 Å². The summed E-state index contributed by atoms with van der Waals surface area (Å²) in [4.78, 5) is 44.6. The maximum absolute atomic E-state index is 13.7. The molecule has 16 nitrogen and oxygen atoms in total. The van der Waals surface area contributed by atoms with E-state index in [4.69, 9.17) is 33.4 Å². The third kappa shape index (κ3) is 6.78. The Morgan fingerprint density at radius 1 is 1.04 bits per heavy atom. The first-order chi connectivity index (χ1) is 23.7. The molecule has 6 rings (SSSR count). The molecular weight excluding hydrogens is 646 g/mol. The number of nitrogens with zero attached hydrogens (tertiary/aromatic N) is 2. The van der Waals surface area contributed by atoms with Crippen LogP contribution in [0.2, 0.25) is 0 Å². The monoisotopic (exact) mass is 685 g/mol. The zero-order valence-electron chi connectivity index (χ0n) is 26.8. The van der Waals surface area contributed by atoms with E-state index >= 15 is 0 Å². The number of pyridine rings is 2. The van der Waals surface area contributed by atoms with E-state index in [2.05, 4.69) is 5.32 Å². The van der Waals surface area contributed by atoms with Gasteiger partial charge in [-0.15, -0.1) is 0 Å². The quantitative estimate of drug-likeness (QED) is 0.0899. The smallest absolute Gasteiger partial charge is 0.408 e. The standard InChI is InChI=1S/C33H39N3O13/c1-2-33(49-32(43)34-7-8-44-9-10-45-11-12-46-30-28(40)27(39)26(38)24(16-37)48-30)21-14-23-25-19(13-18-5-3-4-6-22(18)35-25)15-36(23)29(41)20(21)17-47-31(33)42/h3-6,13-14,24,26-28,30,37-40H,2,7-12,15-17H2,1H3,(H,34,43)/t24-,26-,27+,28+,30-,33+/m1/s1. The topological polar surface area (TPSA) is 217 Å². The molecule has 0 unspecified atom stereocenters. The molecule has 264 valence electrons. The number of carbonyl (C=O) groups is 2. The summed E-state index contributed by atoms with van der Waals surface area (Å²) in [7, 11) is 0. The molecular formula is C33H39N3O13. The van der Waals surface area contributed by atoms with Gasteiger partial charge in [-0.3, -0.25) is 4.79 Å². The Hall–Kier alpha value is -4.00. The number of nitrogens with one attached hydrogen (secondary N) is 1. The Morgan fingerprint density at radius 3 is 2.57 bits per heavy atom. The minimum Gasteiger partial charge on any atom is -0.457 e. The van der Waals surface area contributed by atoms with Crippen molar-refractivity contribution in [2.75, 3.05) is 46.2 Å². The number of carbonyl (C=O) groups excluding carboxylic acids is 2. The van der Waals surface area contributed by atoms with E-state index < -0.39 is 55.0 Å². The zero-order chi connectivity index (χ0) is 34.7. The summed E-state index contributed by atoms with van der Waals surface area (Å²) in [6.07, 6.45) is -7.66. The number of ether oxygens (including phenoxy) is 6. The molecule has 0 saturated carbocycles. The average molecular weight is 686 g/mol. The fourth-order valence-corrected chi connectivity index (χ4v) is 6.25. The highest BCUT2D eigenvalue weighted by atomic mass is 16.7. The number of esters is 1. The van der Waals surface area contributed by atoms with E-state index in [9.17, 15) is 34.8 Å². The lowest BCUT2D eigenvalue weighted by Crippen LogP contribution is -2.59. The summed E-state index contributed by atoms with van der Waals surface area (Å²) in [5.74, 6) is -0.768. The first kappa shape index (κ1) is 34.8. The van der Waals surface area contributed by atoms with Crippen molar-refractivity contribution >= 4 is 23.0 Å². The lowest BCUT2D eigenvalue weighted by atomic mass is 9.85. The van der Waals surface area contributed by atoms with Gasteiger partial charge in [-0.2, -0.15) is 0 Å². The molecule has 2 aromatic heterocycles. The number of aliphatic hydroxyl groups excluding tert-OH is 4. The number of aliphatic hydroxyl groups is 4. The first-order valence-corrected chi connectivity index (χ1v) is 16.1. The summed E-state index contributed by atoms with van der Waals surface area (Å²) in [5.41, 5.74) is 1.18. The molecule has 3 aromatic rings. The molecule has 1 saturated heterocycles. The van der Waals surface area contributed by atoms with E-state index in [0.29, 0.717) is 17.9 Å². The number of cyclic esters (lactones) is 1. The van der Waals surface area contributed by atoms with Gasteiger partial charge in [-0.05, 0) is 24.6 Å². The van der Waals surface area contributed by atoms with Crippen LogP contribution in [0.3, 0.4) is 0 Å². The molecule has 1 aromatic carbocycles. The van der Waals surface area contributed by atoms with Crippen LogP contribution in [0.15, 0.2) is 41.2 Å². The van der Waals surface area contributed by atoms with Crippen molar-refractivity contribution in [1.82, 2.24) is 14.9 Å². The van der Waals surface area contributed by atoms with Crippen LogP contribution < -0.4 is 10.9 Å². The number of aromatic nitrogens is 2. The molecule has 1 fully saturated rings. The fraction of sp³-hybridized carbons (Fsp3) is 0.515. The molecule has 5 N–H and O–H groups in total. The number of para-hydroxylation sites is 1. The van der Waals surface area contributed by atoms with Gasteiger partial charge in [0.15, 0.2) is 6.29 Å². The molecule has 0 aliphatic carbocycles. The summed E-state index contributed by atoms with van der Waals surface area (Å²) in [5, 5.41) is 42.4. The number of fused-ring (bicyclic) bond motifs is 5. The summed E-state index contributed by atoms with van der Waals surface area (Å²) in [6, 6.07) is 11.4. The second kappa shape index (κ2) is 14.9. The summed E-state index contributed by atoms with van der Waals surface area (Å²) < 4.78 is 34.2. The highest BCUT2D eigenvalue weighted by molar-refractivity contribution is 5.88. The number of hydrogen-bond acceptors (Lipinski definition) is 14. The molecule has 0 radical (unpaired) electrons. The second-order valence-electron chi connectivity index (χ2n) is 11.9. The van der Waals surface area contributed by atoms with E-state index in [1.54, 1.807) is 17.6 Å². The molecule has 49 heavy (non-hydrogen) atoms. The van der Waals surface area contributed by atoms with Gasteiger partial charge in [0.1, 0.15) is 31.0 Å². The van der Waals surface area contributed by atoms with Crippen LogP contribution in [-0.2, 0) is 52.0 Å². The molecule has 0 bridgehead atoms. The molecule has 1 amide bonds. The van der Waals surface area contributed by atoms with Crippen molar-refractivity contribution in [2.24, 2.45) is 0 Å². The van der Waals surface area contributed by atoms with Gasteiger partial charge in [0.05, 0.1) is 68.7 Å². The Morgan fingerprint density at radius 2 is 1.80 bits per heavy atom. The zero-order valence-corrected chi connectivity index (χ0v) is 26.8. The molecule has 5 heterocycles. The van der Waals surface area contributed by atoms with Crippen molar-refractivity contribution in [2.45, 2.75) is 62.8 Å². The Bertz CT molecular complexity index is 1750. The molecule has 3 aliphatic rings. The van der Waals surface area contributed by atoms with E-state index in [1.807, 2.05) is 30.3 Å². The van der Waals surface area contributed by atoms with Crippen molar-refractivity contribution in [1.29, 1.82) is 0 Å². The van der Waals surface area contributed by atoms with Crippen LogP contribution in [0.1, 0.15) is 30.0 Å². The molecule has 3 aliphatic heterocycles. The molecule has 0 spiro atoms. The fourth-order valence-electron chi connectivity index (χ4n) is 6.25. The normalized spacial score (nSPS) is 25.7. The van der Waals surface area contributed by atoms with Gasteiger partial charge in [0.2, 0.25) is 5.60 Å². The lowest BCUT2D eigenvalue weighted by Gasteiger charge is -2.39. The van der Waals surface area contributed by atoms with Crippen molar-refractivity contribution < 1.29 is 58.4 Å². The van der Waals surface area contributed by atoms with Gasteiger partial charge in [0.25, 0.3) is 5.56 Å². The number of rotatable bonds is 13. The predicted octanol–water partition coefficient (Wildman–Crippen LogP) is -0.337. The van der Waals surface area contributed by atoms with Gasteiger partial charge < -0.3 is 58.7 Å². The van der Waals surface area contributed by atoms with Crippen LogP contribution >= 0.6 is 0 Å². The Labute approximate surface area is 280 Å². The first-order valence-electron chi connectivity index (χ1n) is 16.1. The maximum atomic E-state index is 13.7. The molecule has 16 heteroatoms. The number of alkyl carbamates (subject to hydrolysis) is 1. The Kier molecular flexibility index (Phi) is 10.6. The highest BCUT2D eigenvalue weighted by Crippen LogP contribution is 2.41. The maximum Gasteiger partial charge on any atom is 0.408 e. The average Bonchev–Trinajstić information content (AvgIpc) is 3.46. The largest absolute Gasteiger partial charge is 0.457 e. The van der Waals surface area contributed by atoms with E-state index in [0.717, 1.165) is 16.5 Å². The van der Waals surface area contributed by atoms with Crippen molar-refractivity contribution in [3.8, 4) is 11.4 Å². The van der Waals surface area contributed by atoms with Crippen LogP contribution in [0.5, 0.6) is 0 Å². The van der Waals surface area contributed by atoms with Crippen LogP contribution in [-0.4, -0.2) is 119 Å². The molecule has 6 atom stereocenters. The van der Waals surface area contributed by atoms with E-state index in [1.165, 1.54) is 0 Å². The van der Waals surface area contributed by atoms with Crippen LogP contribution in [0, 0.1) is 0 Å². The summed E-state index contributed by atoms with van der Waals surface area (Å²) in [6.45, 7) is 1.81. The Balaban J connectivity index is 0.987. The minimum atomic E-state index is -1.83. The predicted molar refractivity (Wildman–Crippen MR) is 168 cm³/mol. The van der Waals surface area contributed by atoms with Gasteiger partial charge in [-0.1, -0.05) is 25.1 Å². The third-order valence-electron chi connectivity index (χ3n) is 8.90. The number of amides is 1.